The predicted octanol–water partition coefficient (Wildman–Crippen LogP) is 6.81. The predicted molar refractivity (Wildman–Crippen MR) is 130 cm³/mol. The van der Waals surface area contributed by atoms with E-state index in [-0.39, 0.29) is 17.4 Å². The number of rotatable bonds is 4. The van der Waals surface area contributed by atoms with Gasteiger partial charge in [0.05, 0.1) is 11.6 Å². The first-order valence-corrected chi connectivity index (χ1v) is 11.1. The van der Waals surface area contributed by atoms with Crippen molar-refractivity contribution < 1.29 is 4.39 Å². The van der Waals surface area contributed by atoms with Crippen molar-refractivity contribution in [2.24, 2.45) is 0 Å². The van der Waals surface area contributed by atoms with E-state index < -0.39 is 0 Å². The normalized spacial score (nSPS) is 18.2. The highest BCUT2D eigenvalue weighted by Gasteiger charge is 2.40. The highest BCUT2D eigenvalue weighted by atomic mass is 19.1. The standard InChI is InChI=1S/C29H27FN2/c1-29(2)19-25-24(14-8-15-26(25)30)28(23-18-22-13-6-7-16-27(22)31-20-23)32(29)17-9-12-21-10-4-3-5-11-21/h3-16,18,20,28H,17,19H2,1-2H3/b12-9+. The van der Waals surface area contributed by atoms with Gasteiger partial charge in [0.15, 0.2) is 0 Å². The summed E-state index contributed by atoms with van der Waals surface area (Å²) in [6.45, 7) is 5.18. The third-order valence-electron chi connectivity index (χ3n) is 6.49. The van der Waals surface area contributed by atoms with Crippen LogP contribution in [0.3, 0.4) is 0 Å². The average Bonchev–Trinajstić information content (AvgIpc) is 2.80. The molecule has 4 aromatic rings. The molecule has 3 aromatic carbocycles. The van der Waals surface area contributed by atoms with Gasteiger partial charge >= 0.3 is 0 Å². The number of fused-ring (bicyclic) bond motifs is 2. The van der Waals surface area contributed by atoms with Gasteiger partial charge in [0.1, 0.15) is 5.82 Å². The molecule has 0 radical (unpaired) electrons. The van der Waals surface area contributed by atoms with Crippen LogP contribution in [0.2, 0.25) is 0 Å². The molecule has 1 aliphatic rings. The van der Waals surface area contributed by atoms with Gasteiger partial charge in [0.2, 0.25) is 0 Å². The number of aromatic nitrogens is 1. The lowest BCUT2D eigenvalue weighted by Gasteiger charge is -2.48. The molecule has 0 saturated carbocycles. The molecular formula is C29H27FN2. The molecule has 3 heteroatoms. The smallest absolute Gasteiger partial charge is 0.126 e. The second-order valence-corrected chi connectivity index (χ2v) is 9.13. The Hall–Kier alpha value is -3.30. The van der Waals surface area contributed by atoms with Crippen molar-refractivity contribution in [1.82, 2.24) is 9.88 Å². The molecule has 0 spiro atoms. The zero-order valence-corrected chi connectivity index (χ0v) is 18.5. The molecule has 0 fully saturated rings. The molecular weight excluding hydrogens is 395 g/mol. The molecule has 32 heavy (non-hydrogen) atoms. The SMILES string of the molecule is CC1(C)Cc2c(F)cccc2C(c2cnc3ccccc3c2)N1C/C=C/c1ccccc1. The van der Waals surface area contributed by atoms with Crippen molar-refractivity contribution in [3.63, 3.8) is 0 Å². The summed E-state index contributed by atoms with van der Waals surface area (Å²) in [5.74, 6) is -0.117. The van der Waals surface area contributed by atoms with Crippen LogP contribution >= 0.6 is 0 Å². The molecule has 2 heterocycles. The third-order valence-corrected chi connectivity index (χ3v) is 6.49. The number of hydrogen-bond donors (Lipinski definition) is 0. The van der Waals surface area contributed by atoms with Gasteiger partial charge in [-0.2, -0.15) is 0 Å². The van der Waals surface area contributed by atoms with Crippen LogP contribution in [0.25, 0.3) is 17.0 Å². The maximum atomic E-state index is 14.9. The van der Waals surface area contributed by atoms with E-state index in [9.17, 15) is 4.39 Å². The van der Waals surface area contributed by atoms with Crippen LogP contribution < -0.4 is 0 Å². The van der Waals surface area contributed by atoms with Crippen molar-refractivity contribution in [1.29, 1.82) is 0 Å². The molecule has 0 bridgehead atoms. The Balaban J connectivity index is 1.60. The van der Waals surface area contributed by atoms with Gasteiger partial charge in [-0.05, 0) is 60.7 Å². The summed E-state index contributed by atoms with van der Waals surface area (Å²) >= 11 is 0. The second kappa shape index (κ2) is 8.33. The fourth-order valence-electron chi connectivity index (χ4n) is 4.89. The minimum absolute atomic E-state index is 0.0676. The molecule has 160 valence electrons. The van der Waals surface area contributed by atoms with Crippen molar-refractivity contribution in [2.45, 2.75) is 31.8 Å². The third kappa shape index (κ3) is 3.85. The van der Waals surface area contributed by atoms with Crippen LogP contribution in [0.4, 0.5) is 4.39 Å². The summed E-state index contributed by atoms with van der Waals surface area (Å²) < 4.78 is 14.9. The second-order valence-electron chi connectivity index (χ2n) is 9.13. The number of pyridine rings is 1. The van der Waals surface area contributed by atoms with Crippen LogP contribution in [0.1, 0.15) is 42.1 Å². The molecule has 1 aliphatic heterocycles. The van der Waals surface area contributed by atoms with E-state index >= 15 is 0 Å². The molecule has 1 aromatic heterocycles. The number of nitrogens with zero attached hydrogens (tertiary/aromatic N) is 2. The van der Waals surface area contributed by atoms with E-state index in [4.69, 9.17) is 4.98 Å². The number of para-hydroxylation sites is 1. The monoisotopic (exact) mass is 422 g/mol. The van der Waals surface area contributed by atoms with Crippen LogP contribution in [-0.4, -0.2) is 22.0 Å². The van der Waals surface area contributed by atoms with Crippen LogP contribution in [0, 0.1) is 5.82 Å². The Morgan fingerprint density at radius 2 is 1.78 bits per heavy atom. The van der Waals surface area contributed by atoms with Gasteiger partial charge < -0.3 is 0 Å². The Kier molecular flexibility index (Phi) is 5.36. The minimum atomic E-state index is -0.216. The van der Waals surface area contributed by atoms with Gasteiger partial charge in [-0.25, -0.2) is 4.39 Å². The van der Waals surface area contributed by atoms with E-state index in [2.05, 4.69) is 61.2 Å². The van der Waals surface area contributed by atoms with Gasteiger partial charge in [0, 0.05) is 23.7 Å². The number of hydrogen-bond acceptors (Lipinski definition) is 2. The van der Waals surface area contributed by atoms with E-state index in [1.165, 1.54) is 5.56 Å². The largest absolute Gasteiger partial charge is 0.283 e. The van der Waals surface area contributed by atoms with E-state index in [0.29, 0.717) is 6.42 Å². The lowest BCUT2D eigenvalue weighted by atomic mass is 9.79. The first kappa shape index (κ1) is 20.6. The highest BCUT2D eigenvalue weighted by molar-refractivity contribution is 5.79. The van der Waals surface area contributed by atoms with Gasteiger partial charge in [0.25, 0.3) is 0 Å². The first-order chi connectivity index (χ1) is 15.5. The Labute approximate surface area is 189 Å². The minimum Gasteiger partial charge on any atom is -0.283 e. The zero-order valence-electron chi connectivity index (χ0n) is 18.5. The average molecular weight is 423 g/mol. The maximum Gasteiger partial charge on any atom is 0.126 e. The van der Waals surface area contributed by atoms with Crippen molar-refractivity contribution in [3.05, 3.63) is 119 Å². The molecule has 0 N–H and O–H groups in total. The van der Waals surface area contributed by atoms with Crippen molar-refractivity contribution in [2.75, 3.05) is 6.54 Å². The van der Waals surface area contributed by atoms with Crippen molar-refractivity contribution >= 4 is 17.0 Å². The molecule has 5 rings (SSSR count). The van der Waals surface area contributed by atoms with E-state index in [1.807, 2.05) is 48.7 Å². The van der Waals surface area contributed by atoms with E-state index in [0.717, 1.165) is 34.1 Å². The molecule has 0 saturated heterocycles. The number of halogens is 1. The lowest BCUT2D eigenvalue weighted by molar-refractivity contribution is 0.0845. The van der Waals surface area contributed by atoms with Crippen LogP contribution in [0.15, 0.2) is 91.1 Å². The lowest BCUT2D eigenvalue weighted by Crippen LogP contribution is -2.51. The summed E-state index contributed by atoms with van der Waals surface area (Å²) in [6.07, 6.45) is 7.00. The Morgan fingerprint density at radius 1 is 1.00 bits per heavy atom. The van der Waals surface area contributed by atoms with Gasteiger partial charge in [-0.3, -0.25) is 9.88 Å². The van der Waals surface area contributed by atoms with Crippen LogP contribution in [0.5, 0.6) is 0 Å². The molecule has 1 unspecified atom stereocenters. The fourth-order valence-corrected chi connectivity index (χ4v) is 4.89. The number of benzene rings is 3. The fraction of sp³-hybridized carbons (Fsp3) is 0.207. The highest BCUT2D eigenvalue weighted by Crippen LogP contribution is 2.43. The zero-order chi connectivity index (χ0) is 22.1. The van der Waals surface area contributed by atoms with Crippen LogP contribution in [-0.2, 0) is 6.42 Å². The molecule has 2 nitrogen and oxygen atoms in total. The van der Waals surface area contributed by atoms with Crippen molar-refractivity contribution in [3.8, 4) is 0 Å². The first-order valence-electron chi connectivity index (χ1n) is 11.1. The van der Waals surface area contributed by atoms with Gasteiger partial charge in [-0.15, -0.1) is 0 Å². The Bertz CT molecular complexity index is 1280. The van der Waals surface area contributed by atoms with E-state index in [1.54, 1.807) is 6.07 Å². The quantitative estimate of drug-likeness (QED) is 0.359. The summed E-state index contributed by atoms with van der Waals surface area (Å²) in [5.41, 5.74) is 4.89. The summed E-state index contributed by atoms with van der Waals surface area (Å²) in [7, 11) is 0. The topological polar surface area (TPSA) is 16.1 Å². The Morgan fingerprint density at radius 3 is 2.62 bits per heavy atom. The summed E-state index contributed by atoms with van der Waals surface area (Å²) in [6, 6.07) is 26.1. The van der Waals surface area contributed by atoms with Gasteiger partial charge in [-0.1, -0.05) is 72.8 Å². The maximum absolute atomic E-state index is 14.9. The summed E-state index contributed by atoms with van der Waals surface area (Å²) in [4.78, 5) is 7.20. The summed E-state index contributed by atoms with van der Waals surface area (Å²) in [5, 5.41) is 1.10. The molecule has 0 amide bonds. The molecule has 1 atom stereocenters. The molecule has 0 aliphatic carbocycles.